The van der Waals surface area contributed by atoms with Crippen LogP contribution >= 0.6 is 0 Å². The molecule has 0 bridgehead atoms. The van der Waals surface area contributed by atoms with Crippen LogP contribution in [0.15, 0.2) is 36.5 Å². The molecule has 2 aliphatic heterocycles. The van der Waals surface area contributed by atoms with Gasteiger partial charge >= 0.3 is 0 Å². The summed E-state index contributed by atoms with van der Waals surface area (Å²) in [5, 5.41) is 15.2. The van der Waals surface area contributed by atoms with E-state index in [1.54, 1.807) is 28.9 Å². The van der Waals surface area contributed by atoms with Gasteiger partial charge in [-0.3, -0.25) is 14.4 Å². The summed E-state index contributed by atoms with van der Waals surface area (Å²) < 4.78 is 1.63. The number of carbonyl (C=O) groups excluding carboxylic acids is 1. The van der Waals surface area contributed by atoms with E-state index >= 15 is 0 Å². The van der Waals surface area contributed by atoms with Gasteiger partial charge in [-0.25, -0.2) is 0 Å². The van der Waals surface area contributed by atoms with Crippen molar-refractivity contribution in [3.63, 3.8) is 0 Å². The number of β-amino-alcohol motifs (C(OH)–C–C–N with tert-alkyl or cyclic N) is 1. The number of hydrogen-bond donors (Lipinski definition) is 1. The van der Waals surface area contributed by atoms with Crippen molar-refractivity contribution in [3.05, 3.63) is 53.3 Å². The van der Waals surface area contributed by atoms with Crippen LogP contribution in [0.1, 0.15) is 28.0 Å². The lowest BCUT2D eigenvalue weighted by atomic mass is 9.97. The molecule has 0 spiro atoms. The van der Waals surface area contributed by atoms with Crippen molar-refractivity contribution in [2.24, 2.45) is 7.05 Å². The molecule has 4 rings (SSSR count). The normalized spacial score (nSPS) is 23.7. The van der Waals surface area contributed by atoms with E-state index in [2.05, 4.69) is 34.3 Å². The van der Waals surface area contributed by atoms with E-state index < -0.39 is 5.60 Å². The maximum atomic E-state index is 12.5. The Bertz CT molecular complexity index is 787. The van der Waals surface area contributed by atoms with Crippen molar-refractivity contribution < 1.29 is 9.90 Å². The SMILES string of the molecule is Cn1ccc(C(=O)N2CCC(O)(CN3CCc4ccccc4C3)C2)n1. The quantitative estimate of drug-likeness (QED) is 0.907. The minimum atomic E-state index is -0.837. The molecule has 3 heterocycles. The van der Waals surface area contributed by atoms with Crippen LogP contribution < -0.4 is 0 Å². The molecule has 0 aliphatic carbocycles. The number of nitrogens with zero attached hydrogens (tertiary/aromatic N) is 4. The largest absolute Gasteiger partial charge is 0.387 e. The zero-order valence-electron chi connectivity index (χ0n) is 14.6. The van der Waals surface area contributed by atoms with E-state index in [0.29, 0.717) is 31.7 Å². The topological polar surface area (TPSA) is 61.6 Å². The Morgan fingerprint density at radius 3 is 2.80 bits per heavy atom. The van der Waals surface area contributed by atoms with Gasteiger partial charge in [-0.05, 0) is 30.0 Å². The van der Waals surface area contributed by atoms with E-state index in [1.165, 1.54) is 11.1 Å². The van der Waals surface area contributed by atoms with E-state index in [0.717, 1.165) is 19.5 Å². The van der Waals surface area contributed by atoms with Crippen LogP contribution in [0.4, 0.5) is 0 Å². The Kier molecular flexibility index (Phi) is 4.09. The molecule has 1 fully saturated rings. The number of amides is 1. The average Bonchev–Trinajstić information content (AvgIpc) is 3.20. The monoisotopic (exact) mass is 340 g/mol. The van der Waals surface area contributed by atoms with Crippen molar-refractivity contribution in [2.45, 2.75) is 25.0 Å². The molecule has 0 radical (unpaired) electrons. The van der Waals surface area contributed by atoms with Crippen molar-refractivity contribution in [3.8, 4) is 0 Å². The smallest absolute Gasteiger partial charge is 0.274 e. The molecular weight excluding hydrogens is 316 g/mol. The van der Waals surface area contributed by atoms with Gasteiger partial charge in [0, 0.05) is 39.4 Å². The Labute approximate surface area is 147 Å². The summed E-state index contributed by atoms with van der Waals surface area (Å²) in [5.41, 5.74) is 2.36. The minimum Gasteiger partial charge on any atom is -0.387 e. The Balaban J connectivity index is 1.39. The molecule has 1 saturated heterocycles. The second-order valence-electron chi connectivity index (χ2n) is 7.31. The van der Waals surface area contributed by atoms with Crippen LogP contribution in [-0.4, -0.2) is 62.4 Å². The van der Waals surface area contributed by atoms with Gasteiger partial charge in [0.15, 0.2) is 0 Å². The van der Waals surface area contributed by atoms with Crippen LogP contribution in [0.5, 0.6) is 0 Å². The van der Waals surface area contributed by atoms with Gasteiger partial charge < -0.3 is 10.0 Å². The first-order chi connectivity index (χ1) is 12.0. The molecule has 1 N–H and O–H groups in total. The van der Waals surface area contributed by atoms with Crippen LogP contribution in [0, 0.1) is 0 Å². The third-order valence-corrected chi connectivity index (χ3v) is 5.28. The maximum absolute atomic E-state index is 12.5. The van der Waals surface area contributed by atoms with E-state index in [-0.39, 0.29) is 5.91 Å². The van der Waals surface area contributed by atoms with Gasteiger partial charge in [0.25, 0.3) is 5.91 Å². The highest BCUT2D eigenvalue weighted by Gasteiger charge is 2.40. The molecule has 1 aromatic carbocycles. The first-order valence-corrected chi connectivity index (χ1v) is 8.83. The molecule has 25 heavy (non-hydrogen) atoms. The third kappa shape index (κ3) is 3.32. The predicted octanol–water partition coefficient (Wildman–Crippen LogP) is 1.06. The first-order valence-electron chi connectivity index (χ1n) is 8.83. The summed E-state index contributed by atoms with van der Waals surface area (Å²) in [5.74, 6) is -0.0967. The summed E-state index contributed by atoms with van der Waals surface area (Å²) in [6.45, 7) is 3.38. The van der Waals surface area contributed by atoms with Crippen molar-refractivity contribution in [2.75, 3.05) is 26.2 Å². The van der Waals surface area contributed by atoms with Crippen LogP contribution in [-0.2, 0) is 20.0 Å². The Hall–Kier alpha value is -2.18. The summed E-state index contributed by atoms with van der Waals surface area (Å²) in [6, 6.07) is 10.2. The number of aryl methyl sites for hydroxylation is 1. The van der Waals surface area contributed by atoms with Crippen LogP contribution in [0.25, 0.3) is 0 Å². The van der Waals surface area contributed by atoms with Gasteiger partial charge in [-0.15, -0.1) is 0 Å². The fraction of sp³-hybridized carbons (Fsp3) is 0.474. The number of benzene rings is 1. The van der Waals surface area contributed by atoms with Crippen molar-refractivity contribution in [1.82, 2.24) is 19.6 Å². The van der Waals surface area contributed by atoms with Crippen molar-refractivity contribution in [1.29, 1.82) is 0 Å². The average molecular weight is 340 g/mol. The molecule has 6 heteroatoms. The van der Waals surface area contributed by atoms with Gasteiger partial charge in [-0.1, -0.05) is 24.3 Å². The van der Waals surface area contributed by atoms with Crippen LogP contribution in [0.2, 0.25) is 0 Å². The molecule has 1 aromatic heterocycles. The van der Waals surface area contributed by atoms with E-state index in [4.69, 9.17) is 0 Å². The van der Waals surface area contributed by atoms with E-state index in [9.17, 15) is 9.90 Å². The zero-order valence-corrected chi connectivity index (χ0v) is 14.6. The molecule has 0 saturated carbocycles. The highest BCUT2D eigenvalue weighted by Crippen LogP contribution is 2.26. The number of rotatable bonds is 3. The first kappa shape index (κ1) is 16.3. The lowest BCUT2D eigenvalue weighted by Gasteiger charge is -2.34. The second-order valence-corrected chi connectivity index (χ2v) is 7.31. The Morgan fingerprint density at radius 2 is 2.04 bits per heavy atom. The molecule has 132 valence electrons. The predicted molar refractivity (Wildman–Crippen MR) is 94.1 cm³/mol. The number of fused-ring (bicyclic) bond motifs is 1. The fourth-order valence-electron chi connectivity index (χ4n) is 3.96. The zero-order chi connectivity index (χ0) is 17.4. The third-order valence-electron chi connectivity index (χ3n) is 5.28. The molecule has 2 aliphatic rings. The van der Waals surface area contributed by atoms with Crippen LogP contribution in [0.3, 0.4) is 0 Å². The lowest BCUT2D eigenvalue weighted by molar-refractivity contribution is 0.00799. The maximum Gasteiger partial charge on any atom is 0.274 e. The van der Waals surface area contributed by atoms with Crippen molar-refractivity contribution >= 4 is 5.91 Å². The standard InChI is InChI=1S/C19H24N4O2/c1-21-9-7-17(20-21)18(24)23-11-8-19(25,14-23)13-22-10-6-15-4-2-3-5-16(15)12-22/h2-5,7,9,25H,6,8,10-14H2,1H3. The molecule has 2 aromatic rings. The Morgan fingerprint density at radius 1 is 1.24 bits per heavy atom. The molecule has 1 atom stereocenters. The summed E-state index contributed by atoms with van der Waals surface area (Å²) in [6.07, 6.45) is 3.40. The van der Waals surface area contributed by atoms with Gasteiger partial charge in [0.2, 0.25) is 0 Å². The summed E-state index contributed by atoms with van der Waals surface area (Å²) in [4.78, 5) is 16.6. The number of carbonyl (C=O) groups is 1. The number of likely N-dealkylation sites (tertiary alicyclic amines) is 1. The van der Waals surface area contributed by atoms with E-state index in [1.807, 2.05) is 0 Å². The fourth-order valence-corrected chi connectivity index (χ4v) is 3.96. The molecule has 1 unspecified atom stereocenters. The van der Waals surface area contributed by atoms with Gasteiger partial charge in [-0.2, -0.15) is 5.10 Å². The number of hydrogen-bond acceptors (Lipinski definition) is 4. The molecular formula is C19H24N4O2. The highest BCUT2D eigenvalue weighted by atomic mass is 16.3. The van der Waals surface area contributed by atoms with Gasteiger partial charge in [0.05, 0.1) is 12.1 Å². The molecule has 6 nitrogen and oxygen atoms in total. The second kappa shape index (κ2) is 6.28. The minimum absolute atomic E-state index is 0.0967. The lowest BCUT2D eigenvalue weighted by Crippen LogP contribution is -2.47. The summed E-state index contributed by atoms with van der Waals surface area (Å²) >= 11 is 0. The number of aliphatic hydroxyl groups is 1. The summed E-state index contributed by atoms with van der Waals surface area (Å²) in [7, 11) is 1.80. The number of aromatic nitrogens is 2. The highest BCUT2D eigenvalue weighted by molar-refractivity contribution is 5.92. The molecule has 1 amide bonds. The van der Waals surface area contributed by atoms with Gasteiger partial charge in [0.1, 0.15) is 5.69 Å².